The zero-order valence-corrected chi connectivity index (χ0v) is 18.5. The molecule has 5 aromatic rings. The third kappa shape index (κ3) is 3.03. The lowest BCUT2D eigenvalue weighted by molar-refractivity contribution is 0.601. The Morgan fingerprint density at radius 1 is 0.719 bits per heavy atom. The van der Waals surface area contributed by atoms with Crippen LogP contribution in [0.25, 0.3) is 31.3 Å². The summed E-state index contributed by atoms with van der Waals surface area (Å²) < 4.78 is 30.6. The Bertz CT molecular complexity index is 1720. The fourth-order valence-electron chi connectivity index (χ4n) is 4.37. The molecule has 0 fully saturated rings. The molecular weight excluding hydrogens is 438 g/mol. The third-order valence-corrected chi connectivity index (χ3v) is 8.43. The van der Waals surface area contributed by atoms with Crippen LogP contribution >= 0.6 is 11.3 Å². The van der Waals surface area contributed by atoms with E-state index in [0.29, 0.717) is 16.5 Å². The van der Waals surface area contributed by atoms with E-state index in [0.717, 1.165) is 32.5 Å². The van der Waals surface area contributed by atoms with E-state index in [-0.39, 0.29) is 10.3 Å². The molecule has 0 bridgehead atoms. The molecule has 0 radical (unpaired) electrons. The molecule has 1 heterocycles. The van der Waals surface area contributed by atoms with E-state index in [1.165, 1.54) is 16.9 Å². The number of benzene rings is 4. The first-order chi connectivity index (χ1) is 15.5. The van der Waals surface area contributed by atoms with Gasteiger partial charge in [-0.1, -0.05) is 42.5 Å². The predicted octanol–water partition coefficient (Wildman–Crippen LogP) is 5.79. The number of hydrogen-bond donors (Lipinski definition) is 1. The summed E-state index contributed by atoms with van der Waals surface area (Å²) in [7, 11) is -3.79. The first-order valence-corrected chi connectivity index (χ1v) is 12.5. The molecule has 6 rings (SSSR count). The summed E-state index contributed by atoms with van der Waals surface area (Å²) in [6.07, 6.45) is 0.721. The van der Waals surface area contributed by atoms with Gasteiger partial charge in [0.2, 0.25) is 0 Å². The van der Waals surface area contributed by atoms with E-state index in [1.807, 2.05) is 36.4 Å². The van der Waals surface area contributed by atoms with Gasteiger partial charge in [0, 0.05) is 25.9 Å². The molecule has 32 heavy (non-hydrogen) atoms. The molecule has 6 heteroatoms. The predicted molar refractivity (Wildman–Crippen MR) is 131 cm³/mol. The van der Waals surface area contributed by atoms with E-state index in [2.05, 4.69) is 16.9 Å². The van der Waals surface area contributed by atoms with E-state index in [1.54, 1.807) is 36.4 Å². The van der Waals surface area contributed by atoms with Gasteiger partial charge in [-0.25, -0.2) is 8.42 Å². The number of sulfonamides is 1. The topological polar surface area (TPSA) is 63.2 Å². The molecule has 0 aliphatic heterocycles. The summed E-state index contributed by atoms with van der Waals surface area (Å²) in [5.41, 5.74) is 4.73. The molecule has 0 amide bonds. The van der Waals surface area contributed by atoms with Crippen LogP contribution in [-0.2, 0) is 16.4 Å². The third-order valence-electron chi connectivity index (χ3n) is 5.90. The summed E-state index contributed by atoms with van der Waals surface area (Å²) in [4.78, 5) is 13.2. The minimum absolute atomic E-state index is 0.0920. The van der Waals surface area contributed by atoms with E-state index in [4.69, 9.17) is 0 Å². The van der Waals surface area contributed by atoms with Crippen molar-refractivity contribution in [1.29, 1.82) is 0 Å². The fraction of sp³-hybridized carbons (Fsp3) is 0.0385. The highest BCUT2D eigenvalue weighted by atomic mass is 32.2. The zero-order chi connectivity index (χ0) is 21.9. The van der Waals surface area contributed by atoms with Crippen LogP contribution in [0, 0.1) is 0 Å². The van der Waals surface area contributed by atoms with Crippen molar-refractivity contribution in [2.75, 3.05) is 4.72 Å². The van der Waals surface area contributed by atoms with Crippen molar-refractivity contribution in [3.63, 3.8) is 0 Å². The highest BCUT2D eigenvalue weighted by Crippen LogP contribution is 2.37. The molecule has 1 aromatic heterocycles. The maximum atomic E-state index is 13.1. The van der Waals surface area contributed by atoms with E-state index >= 15 is 0 Å². The molecule has 156 valence electrons. The van der Waals surface area contributed by atoms with Crippen molar-refractivity contribution in [2.45, 2.75) is 11.3 Å². The maximum Gasteiger partial charge on any atom is 0.261 e. The Kier molecular flexibility index (Phi) is 4.22. The number of anilines is 1. The Morgan fingerprint density at radius 2 is 1.47 bits per heavy atom. The molecule has 4 nitrogen and oxygen atoms in total. The van der Waals surface area contributed by atoms with Gasteiger partial charge in [-0.15, -0.1) is 11.3 Å². The van der Waals surface area contributed by atoms with Crippen LogP contribution in [-0.4, -0.2) is 8.42 Å². The molecule has 0 saturated carbocycles. The van der Waals surface area contributed by atoms with Crippen LogP contribution in [0.5, 0.6) is 0 Å². The molecule has 0 unspecified atom stereocenters. The normalized spacial score (nSPS) is 12.6. The molecule has 4 aromatic carbocycles. The monoisotopic (exact) mass is 455 g/mol. The van der Waals surface area contributed by atoms with Crippen LogP contribution in [0.1, 0.15) is 11.1 Å². The van der Waals surface area contributed by atoms with Crippen molar-refractivity contribution in [3.05, 3.63) is 106 Å². The van der Waals surface area contributed by atoms with Gasteiger partial charge in [-0.2, -0.15) is 0 Å². The highest BCUT2D eigenvalue weighted by molar-refractivity contribution is 7.92. The van der Waals surface area contributed by atoms with Crippen molar-refractivity contribution in [1.82, 2.24) is 0 Å². The number of rotatable bonds is 3. The summed E-state index contributed by atoms with van der Waals surface area (Å²) >= 11 is 1.52. The summed E-state index contributed by atoms with van der Waals surface area (Å²) in [5, 5.41) is 1.15. The molecule has 1 N–H and O–H groups in total. The molecule has 0 spiro atoms. The smallest absolute Gasteiger partial charge is 0.261 e. The Hall–Kier alpha value is -3.48. The van der Waals surface area contributed by atoms with Gasteiger partial charge in [0.05, 0.1) is 4.90 Å². The maximum absolute atomic E-state index is 13.1. The fourth-order valence-corrected chi connectivity index (χ4v) is 6.52. The van der Waals surface area contributed by atoms with Crippen molar-refractivity contribution in [2.24, 2.45) is 0 Å². The Labute approximate surface area is 188 Å². The molecule has 0 atom stereocenters. The molecule has 1 aliphatic rings. The van der Waals surface area contributed by atoms with Gasteiger partial charge in [0.25, 0.3) is 10.0 Å². The largest absolute Gasteiger partial charge is 0.289 e. The molecule has 0 saturated heterocycles. The quantitative estimate of drug-likeness (QED) is 0.344. The van der Waals surface area contributed by atoms with Gasteiger partial charge >= 0.3 is 0 Å². The van der Waals surface area contributed by atoms with Crippen molar-refractivity contribution < 1.29 is 8.42 Å². The molecular formula is C26H17NO3S2. The minimum Gasteiger partial charge on any atom is -0.289 e. The first kappa shape index (κ1) is 19.2. The van der Waals surface area contributed by atoms with Crippen LogP contribution in [0.2, 0.25) is 0 Å². The number of hydrogen-bond acceptors (Lipinski definition) is 4. The zero-order valence-electron chi connectivity index (χ0n) is 16.8. The average molecular weight is 456 g/mol. The second-order valence-electron chi connectivity index (χ2n) is 7.90. The second-order valence-corrected chi connectivity index (χ2v) is 10.7. The lowest BCUT2D eigenvalue weighted by Gasteiger charge is -2.11. The summed E-state index contributed by atoms with van der Waals surface area (Å²) in [5.74, 6) is 0. The van der Waals surface area contributed by atoms with Gasteiger partial charge in [-0.3, -0.25) is 9.52 Å². The van der Waals surface area contributed by atoms with Crippen LogP contribution in [0.3, 0.4) is 0 Å². The van der Waals surface area contributed by atoms with E-state index in [9.17, 15) is 13.2 Å². The lowest BCUT2D eigenvalue weighted by atomic mass is 10.1. The minimum atomic E-state index is -3.79. The van der Waals surface area contributed by atoms with Gasteiger partial charge in [-0.05, 0) is 71.1 Å². The van der Waals surface area contributed by atoms with Gasteiger partial charge < -0.3 is 0 Å². The summed E-state index contributed by atoms with van der Waals surface area (Å²) in [6, 6.07) is 26.0. The second kappa shape index (κ2) is 7.02. The lowest BCUT2D eigenvalue weighted by Crippen LogP contribution is -2.13. The van der Waals surface area contributed by atoms with Gasteiger partial charge in [0.15, 0.2) is 5.43 Å². The van der Waals surface area contributed by atoms with Crippen LogP contribution < -0.4 is 10.2 Å². The van der Waals surface area contributed by atoms with Crippen LogP contribution in [0.15, 0.2) is 94.6 Å². The number of nitrogens with one attached hydrogen (secondary N) is 1. The first-order valence-electron chi connectivity index (χ1n) is 10.2. The van der Waals surface area contributed by atoms with Gasteiger partial charge in [0.1, 0.15) is 0 Å². The average Bonchev–Trinajstić information content (AvgIpc) is 3.17. The molecule has 1 aliphatic carbocycles. The van der Waals surface area contributed by atoms with Crippen molar-refractivity contribution in [3.8, 4) is 11.1 Å². The summed E-state index contributed by atoms with van der Waals surface area (Å²) in [6.45, 7) is 0. The highest BCUT2D eigenvalue weighted by Gasteiger charge is 2.22. The number of fused-ring (bicyclic) bond motifs is 5. The van der Waals surface area contributed by atoms with E-state index < -0.39 is 10.0 Å². The standard InChI is InChI=1S/C26H17NO3S2/c28-26-22-7-3-4-8-24(22)31-25-12-9-18(15-23(25)26)27-32(29,30)19-10-11-21-17(14-19)13-16-5-1-2-6-20(16)21/h1-12,14-15,27H,13H2. The van der Waals surface area contributed by atoms with Crippen molar-refractivity contribution >= 4 is 47.2 Å². The SMILES string of the molecule is O=c1c2ccccc2sc2ccc(NS(=O)(=O)c3ccc4c(c3)Cc3ccccc3-4)cc12. The Balaban J connectivity index is 1.38. The Morgan fingerprint density at radius 3 is 2.38 bits per heavy atom. The van der Waals surface area contributed by atoms with Crippen LogP contribution in [0.4, 0.5) is 5.69 Å².